The molecule has 0 aromatic carbocycles. The largest absolute Gasteiger partial charge is 0.396 e. The molecule has 1 saturated heterocycles. The zero-order valence-electron chi connectivity index (χ0n) is 10.2. The Morgan fingerprint density at radius 3 is 2.18 bits per heavy atom. The first kappa shape index (κ1) is 11.2. The smallest absolute Gasteiger partial charge is 0.233 e. The molecular formula is C13H19NO3. The van der Waals surface area contributed by atoms with Gasteiger partial charge in [0.1, 0.15) is 0 Å². The van der Waals surface area contributed by atoms with Gasteiger partial charge >= 0.3 is 0 Å². The average molecular weight is 237 g/mol. The minimum atomic E-state index is -0.157. The lowest BCUT2D eigenvalue weighted by Crippen LogP contribution is -2.38. The molecule has 2 aliphatic carbocycles. The van der Waals surface area contributed by atoms with E-state index in [2.05, 4.69) is 6.92 Å². The van der Waals surface area contributed by atoms with Gasteiger partial charge in [0.05, 0.1) is 18.4 Å². The predicted molar refractivity (Wildman–Crippen MR) is 60.9 cm³/mol. The molecule has 3 rings (SSSR count). The standard InChI is InChI=1S/C13H19NO3/c1-8-4-9-10(5-8)12(17)14(11(9)16)6-13(7-15)2-3-13/h8-10,15H,2-7H2,1H3. The third-order valence-corrected chi connectivity index (χ3v) is 4.75. The van der Waals surface area contributed by atoms with Crippen molar-refractivity contribution < 1.29 is 14.7 Å². The zero-order valence-corrected chi connectivity index (χ0v) is 10.2. The summed E-state index contributed by atoms with van der Waals surface area (Å²) in [6.07, 6.45) is 3.59. The van der Waals surface area contributed by atoms with Crippen LogP contribution in [-0.4, -0.2) is 35.0 Å². The van der Waals surface area contributed by atoms with Gasteiger partial charge in [0, 0.05) is 12.0 Å². The summed E-state index contributed by atoms with van der Waals surface area (Å²) in [5.74, 6) is 0.403. The van der Waals surface area contributed by atoms with Gasteiger partial charge in [-0.3, -0.25) is 14.5 Å². The highest BCUT2D eigenvalue weighted by molar-refractivity contribution is 6.05. The van der Waals surface area contributed by atoms with Gasteiger partial charge in [-0.1, -0.05) is 6.92 Å². The first-order valence-electron chi connectivity index (χ1n) is 6.52. The van der Waals surface area contributed by atoms with E-state index in [4.69, 9.17) is 0 Å². The Morgan fingerprint density at radius 1 is 1.24 bits per heavy atom. The summed E-state index contributed by atoms with van der Waals surface area (Å²) in [5.41, 5.74) is -0.157. The van der Waals surface area contributed by atoms with Crippen LogP contribution in [0.3, 0.4) is 0 Å². The number of hydrogen-bond donors (Lipinski definition) is 1. The molecule has 0 aromatic heterocycles. The summed E-state index contributed by atoms with van der Waals surface area (Å²) in [6.45, 7) is 2.65. The zero-order chi connectivity index (χ0) is 12.2. The molecule has 4 heteroatoms. The molecule has 2 saturated carbocycles. The summed E-state index contributed by atoms with van der Waals surface area (Å²) < 4.78 is 0. The van der Waals surface area contributed by atoms with Crippen molar-refractivity contribution in [3.05, 3.63) is 0 Å². The third-order valence-electron chi connectivity index (χ3n) is 4.75. The molecule has 1 aliphatic heterocycles. The topological polar surface area (TPSA) is 57.6 Å². The lowest BCUT2D eigenvalue weighted by Gasteiger charge is -2.21. The summed E-state index contributed by atoms with van der Waals surface area (Å²) >= 11 is 0. The van der Waals surface area contributed by atoms with Gasteiger partial charge in [0.25, 0.3) is 0 Å². The fourth-order valence-corrected chi connectivity index (χ4v) is 3.38. The number of carbonyl (C=O) groups is 2. The van der Waals surface area contributed by atoms with Gasteiger partial charge in [-0.05, 0) is 31.6 Å². The van der Waals surface area contributed by atoms with Crippen LogP contribution in [0.4, 0.5) is 0 Å². The Morgan fingerprint density at radius 2 is 1.76 bits per heavy atom. The quantitative estimate of drug-likeness (QED) is 0.738. The van der Waals surface area contributed by atoms with Crippen molar-refractivity contribution in [2.24, 2.45) is 23.2 Å². The monoisotopic (exact) mass is 237 g/mol. The average Bonchev–Trinajstić information content (AvgIpc) is 2.94. The minimum absolute atomic E-state index is 0.0177. The molecule has 0 bridgehead atoms. The van der Waals surface area contributed by atoms with Crippen LogP contribution >= 0.6 is 0 Å². The van der Waals surface area contributed by atoms with Gasteiger partial charge < -0.3 is 5.11 Å². The molecule has 2 amide bonds. The number of aliphatic hydroxyl groups excluding tert-OH is 1. The Bertz CT molecular complexity index is 351. The van der Waals surface area contributed by atoms with E-state index >= 15 is 0 Å². The maximum atomic E-state index is 12.2. The van der Waals surface area contributed by atoms with E-state index in [-0.39, 0.29) is 35.7 Å². The molecule has 0 spiro atoms. The van der Waals surface area contributed by atoms with E-state index in [1.54, 1.807) is 0 Å². The summed E-state index contributed by atoms with van der Waals surface area (Å²) in [4.78, 5) is 25.8. The van der Waals surface area contributed by atoms with E-state index in [0.29, 0.717) is 12.5 Å². The summed E-state index contributed by atoms with van der Waals surface area (Å²) in [5, 5.41) is 9.29. The summed E-state index contributed by atoms with van der Waals surface area (Å²) in [7, 11) is 0. The van der Waals surface area contributed by atoms with Gasteiger partial charge in [0.15, 0.2) is 0 Å². The van der Waals surface area contributed by atoms with Crippen molar-refractivity contribution in [1.82, 2.24) is 4.90 Å². The van der Waals surface area contributed by atoms with Gasteiger partial charge in [0.2, 0.25) is 11.8 Å². The van der Waals surface area contributed by atoms with Crippen LogP contribution in [-0.2, 0) is 9.59 Å². The van der Waals surface area contributed by atoms with Crippen molar-refractivity contribution in [1.29, 1.82) is 0 Å². The van der Waals surface area contributed by atoms with Crippen molar-refractivity contribution in [3.8, 4) is 0 Å². The number of likely N-dealkylation sites (tertiary alicyclic amines) is 1. The van der Waals surface area contributed by atoms with Crippen LogP contribution in [0.2, 0.25) is 0 Å². The fourth-order valence-electron chi connectivity index (χ4n) is 3.38. The minimum Gasteiger partial charge on any atom is -0.396 e. The number of nitrogens with zero attached hydrogens (tertiary/aromatic N) is 1. The van der Waals surface area contributed by atoms with Gasteiger partial charge in [-0.15, -0.1) is 0 Å². The molecular weight excluding hydrogens is 218 g/mol. The Labute approximate surface area is 101 Å². The van der Waals surface area contributed by atoms with E-state index in [1.165, 1.54) is 4.90 Å². The van der Waals surface area contributed by atoms with Crippen LogP contribution < -0.4 is 0 Å². The lowest BCUT2D eigenvalue weighted by molar-refractivity contribution is -0.141. The molecule has 0 aromatic rings. The second kappa shape index (κ2) is 3.55. The number of hydrogen-bond acceptors (Lipinski definition) is 3. The molecule has 2 atom stereocenters. The van der Waals surface area contributed by atoms with Crippen LogP contribution in [0.25, 0.3) is 0 Å². The van der Waals surface area contributed by atoms with Crippen molar-refractivity contribution in [2.45, 2.75) is 32.6 Å². The van der Waals surface area contributed by atoms with Crippen molar-refractivity contribution >= 4 is 11.8 Å². The van der Waals surface area contributed by atoms with Crippen molar-refractivity contribution in [3.63, 3.8) is 0 Å². The first-order chi connectivity index (χ1) is 8.06. The SMILES string of the molecule is CC1CC2C(=O)N(CC3(CO)CC3)C(=O)C2C1. The lowest BCUT2D eigenvalue weighted by atomic mass is 10.00. The number of carbonyl (C=O) groups excluding carboxylic acids is 2. The second-order valence-corrected chi connectivity index (χ2v) is 6.21. The normalized spacial score (nSPS) is 38.7. The molecule has 1 heterocycles. The first-order valence-corrected chi connectivity index (χ1v) is 6.52. The Kier molecular flexibility index (Phi) is 2.34. The predicted octanol–water partition coefficient (Wildman–Crippen LogP) is 0.790. The maximum absolute atomic E-state index is 12.2. The molecule has 94 valence electrons. The van der Waals surface area contributed by atoms with Crippen LogP contribution in [0.1, 0.15) is 32.6 Å². The van der Waals surface area contributed by atoms with Gasteiger partial charge in [-0.2, -0.15) is 0 Å². The molecule has 4 nitrogen and oxygen atoms in total. The van der Waals surface area contributed by atoms with E-state index in [1.807, 2.05) is 0 Å². The highest BCUT2D eigenvalue weighted by atomic mass is 16.3. The molecule has 3 fully saturated rings. The maximum Gasteiger partial charge on any atom is 0.233 e. The van der Waals surface area contributed by atoms with E-state index in [0.717, 1.165) is 25.7 Å². The van der Waals surface area contributed by atoms with E-state index < -0.39 is 0 Å². The number of aliphatic hydroxyl groups is 1. The number of fused-ring (bicyclic) bond motifs is 1. The Hall–Kier alpha value is -0.900. The van der Waals surface area contributed by atoms with Crippen LogP contribution in [0.15, 0.2) is 0 Å². The highest BCUT2D eigenvalue weighted by Crippen LogP contribution is 2.49. The Balaban J connectivity index is 1.75. The highest BCUT2D eigenvalue weighted by Gasteiger charge is 2.55. The number of rotatable bonds is 3. The second-order valence-electron chi connectivity index (χ2n) is 6.21. The van der Waals surface area contributed by atoms with Gasteiger partial charge in [-0.25, -0.2) is 0 Å². The molecule has 3 aliphatic rings. The number of amides is 2. The molecule has 0 radical (unpaired) electrons. The molecule has 2 unspecified atom stereocenters. The fraction of sp³-hybridized carbons (Fsp3) is 0.846. The summed E-state index contributed by atoms with van der Waals surface area (Å²) in [6, 6.07) is 0. The van der Waals surface area contributed by atoms with Crippen molar-refractivity contribution in [2.75, 3.05) is 13.2 Å². The molecule has 17 heavy (non-hydrogen) atoms. The van der Waals surface area contributed by atoms with Crippen LogP contribution in [0, 0.1) is 23.2 Å². The third kappa shape index (κ3) is 1.61. The van der Waals surface area contributed by atoms with Crippen LogP contribution in [0.5, 0.6) is 0 Å². The van der Waals surface area contributed by atoms with E-state index in [9.17, 15) is 14.7 Å². The molecule has 1 N–H and O–H groups in total. The number of imide groups is 1.